The Kier molecular flexibility index (Phi) is 6.26. The molecule has 0 saturated heterocycles. The van der Waals surface area contributed by atoms with E-state index in [9.17, 15) is 4.79 Å². The molecule has 0 saturated carbocycles. The Balaban J connectivity index is 1.50. The second kappa shape index (κ2) is 8.83. The third kappa shape index (κ3) is 5.31. The van der Waals surface area contributed by atoms with Crippen molar-refractivity contribution in [2.75, 3.05) is 5.32 Å². The van der Waals surface area contributed by atoms with Crippen molar-refractivity contribution in [3.63, 3.8) is 0 Å². The zero-order valence-electron chi connectivity index (χ0n) is 14.4. The smallest absolute Gasteiger partial charge is 0.230 e. The summed E-state index contributed by atoms with van der Waals surface area (Å²) in [7, 11) is 0. The third-order valence-corrected chi connectivity index (χ3v) is 4.89. The Morgan fingerprint density at radius 2 is 1.88 bits per heavy atom. The van der Waals surface area contributed by atoms with Crippen LogP contribution in [0.3, 0.4) is 0 Å². The van der Waals surface area contributed by atoms with Crippen molar-refractivity contribution in [2.24, 2.45) is 0 Å². The fourth-order valence-corrected chi connectivity index (χ4v) is 3.20. The summed E-state index contributed by atoms with van der Waals surface area (Å²) in [5.41, 5.74) is 2.79. The van der Waals surface area contributed by atoms with Crippen LogP contribution in [-0.2, 0) is 24.2 Å². The number of benzene rings is 2. The first-order chi connectivity index (χ1) is 12.6. The maximum Gasteiger partial charge on any atom is 0.230 e. The number of aryl methyl sites for hydroxylation is 1. The largest absolute Gasteiger partial charge is 0.486 e. The molecule has 1 heterocycles. The van der Waals surface area contributed by atoms with E-state index in [4.69, 9.17) is 16.3 Å². The molecule has 0 bridgehead atoms. The van der Waals surface area contributed by atoms with Gasteiger partial charge < -0.3 is 10.1 Å². The summed E-state index contributed by atoms with van der Waals surface area (Å²) in [5, 5.41) is 6.28. The van der Waals surface area contributed by atoms with Gasteiger partial charge in [0.2, 0.25) is 5.91 Å². The maximum absolute atomic E-state index is 12.2. The molecule has 3 aromatic rings. The fourth-order valence-electron chi connectivity index (χ4n) is 2.37. The second-order valence-electron chi connectivity index (χ2n) is 5.75. The molecule has 134 valence electrons. The first-order valence-electron chi connectivity index (χ1n) is 8.33. The molecule has 0 aliphatic carbocycles. The highest BCUT2D eigenvalue weighted by molar-refractivity contribution is 7.09. The number of ether oxygens (including phenoxy) is 1. The minimum absolute atomic E-state index is 0.0790. The molecule has 1 aromatic heterocycles. The fraction of sp³-hybridized carbons (Fsp3) is 0.200. The van der Waals surface area contributed by atoms with Crippen LogP contribution in [0, 0.1) is 0 Å². The minimum Gasteiger partial charge on any atom is -0.486 e. The molecular weight excluding hydrogens is 368 g/mol. The number of nitrogens with one attached hydrogen (secondary N) is 1. The van der Waals surface area contributed by atoms with Crippen molar-refractivity contribution in [1.82, 2.24) is 4.98 Å². The van der Waals surface area contributed by atoms with Crippen molar-refractivity contribution in [3.8, 4) is 5.75 Å². The Labute approximate surface area is 161 Å². The van der Waals surface area contributed by atoms with Gasteiger partial charge in [0, 0.05) is 16.1 Å². The van der Waals surface area contributed by atoms with Gasteiger partial charge in [-0.3, -0.25) is 4.79 Å². The number of aromatic nitrogens is 1. The highest BCUT2D eigenvalue weighted by atomic mass is 35.5. The normalized spacial score (nSPS) is 10.5. The number of carbonyl (C=O) groups is 1. The first kappa shape index (κ1) is 18.4. The second-order valence-corrected chi connectivity index (χ2v) is 7.13. The molecule has 0 fully saturated rings. The Morgan fingerprint density at radius 1 is 1.15 bits per heavy atom. The molecular formula is C20H19ClN2O2S. The monoisotopic (exact) mass is 386 g/mol. The lowest BCUT2D eigenvalue weighted by Crippen LogP contribution is -2.14. The summed E-state index contributed by atoms with van der Waals surface area (Å²) in [6.45, 7) is 2.47. The van der Waals surface area contributed by atoms with Gasteiger partial charge in [-0.15, -0.1) is 11.3 Å². The van der Waals surface area contributed by atoms with E-state index >= 15 is 0 Å². The van der Waals surface area contributed by atoms with E-state index in [-0.39, 0.29) is 12.3 Å². The molecule has 0 aliphatic rings. The summed E-state index contributed by atoms with van der Waals surface area (Å²) < 4.78 is 5.67. The van der Waals surface area contributed by atoms with Crippen LogP contribution in [0.4, 0.5) is 5.69 Å². The van der Waals surface area contributed by atoms with E-state index in [1.807, 2.05) is 41.8 Å². The predicted octanol–water partition coefficient (Wildman–Crippen LogP) is 5.12. The Hall–Kier alpha value is -2.37. The quantitative estimate of drug-likeness (QED) is 0.613. The molecule has 2 aromatic carbocycles. The van der Waals surface area contributed by atoms with Gasteiger partial charge in [-0.25, -0.2) is 4.98 Å². The number of carbonyl (C=O) groups excluding carboxylic acids is 1. The number of hydrogen-bond donors (Lipinski definition) is 1. The number of rotatable bonds is 7. The molecule has 26 heavy (non-hydrogen) atoms. The number of anilines is 1. The van der Waals surface area contributed by atoms with Crippen molar-refractivity contribution in [3.05, 3.63) is 75.2 Å². The van der Waals surface area contributed by atoms with Crippen LogP contribution in [-0.4, -0.2) is 10.9 Å². The molecule has 1 amide bonds. The summed E-state index contributed by atoms with van der Waals surface area (Å²) in [4.78, 5) is 16.6. The highest BCUT2D eigenvalue weighted by Gasteiger charge is 2.09. The molecule has 6 heteroatoms. The lowest BCUT2D eigenvalue weighted by Gasteiger charge is -2.05. The minimum atomic E-state index is -0.0790. The van der Waals surface area contributed by atoms with Gasteiger partial charge in [0.25, 0.3) is 0 Å². The first-order valence-corrected chi connectivity index (χ1v) is 9.58. The van der Waals surface area contributed by atoms with E-state index in [0.29, 0.717) is 11.6 Å². The molecule has 0 aliphatic heterocycles. The van der Waals surface area contributed by atoms with E-state index < -0.39 is 0 Å². The van der Waals surface area contributed by atoms with Crippen LogP contribution in [0.25, 0.3) is 0 Å². The lowest BCUT2D eigenvalue weighted by molar-refractivity contribution is -0.115. The van der Waals surface area contributed by atoms with E-state index in [0.717, 1.165) is 28.6 Å². The van der Waals surface area contributed by atoms with Gasteiger partial charge in [0.05, 0.1) is 12.1 Å². The SMILES string of the molecule is CCc1ccc(NC(=O)Cc2csc(COc3ccc(Cl)cc3)n2)cc1. The van der Waals surface area contributed by atoms with Crippen LogP contribution in [0.5, 0.6) is 5.75 Å². The van der Waals surface area contributed by atoms with E-state index in [1.54, 1.807) is 12.1 Å². The summed E-state index contributed by atoms with van der Waals surface area (Å²) in [6, 6.07) is 15.1. The Bertz CT molecular complexity index is 860. The molecule has 0 unspecified atom stereocenters. The highest BCUT2D eigenvalue weighted by Crippen LogP contribution is 2.18. The lowest BCUT2D eigenvalue weighted by atomic mass is 10.1. The topological polar surface area (TPSA) is 51.2 Å². The van der Waals surface area contributed by atoms with Crippen LogP contribution in [0.1, 0.15) is 23.2 Å². The van der Waals surface area contributed by atoms with Crippen LogP contribution in [0.2, 0.25) is 5.02 Å². The standard InChI is InChI=1S/C20H19ClN2O2S/c1-2-14-3-7-16(8-4-14)22-19(24)11-17-13-26-20(23-17)12-25-18-9-5-15(21)6-10-18/h3-10,13H,2,11-12H2,1H3,(H,22,24). The van der Waals surface area contributed by atoms with Gasteiger partial charge >= 0.3 is 0 Å². The van der Waals surface area contributed by atoms with Crippen LogP contribution in [0.15, 0.2) is 53.9 Å². The summed E-state index contributed by atoms with van der Waals surface area (Å²) in [5.74, 6) is 0.657. The molecule has 0 atom stereocenters. The van der Waals surface area contributed by atoms with Crippen LogP contribution < -0.4 is 10.1 Å². The number of nitrogens with zero attached hydrogens (tertiary/aromatic N) is 1. The average molecular weight is 387 g/mol. The van der Waals surface area contributed by atoms with Gasteiger partial charge in [-0.05, 0) is 48.4 Å². The zero-order valence-corrected chi connectivity index (χ0v) is 15.9. The molecule has 3 rings (SSSR count). The Morgan fingerprint density at radius 3 is 2.58 bits per heavy atom. The van der Waals surface area contributed by atoms with Crippen molar-refractivity contribution >= 4 is 34.5 Å². The number of halogens is 1. The maximum atomic E-state index is 12.2. The zero-order chi connectivity index (χ0) is 18.4. The van der Waals surface area contributed by atoms with Gasteiger partial charge in [0.15, 0.2) is 0 Å². The molecule has 4 nitrogen and oxygen atoms in total. The van der Waals surface area contributed by atoms with Gasteiger partial charge in [-0.2, -0.15) is 0 Å². The molecule has 0 radical (unpaired) electrons. The third-order valence-electron chi connectivity index (χ3n) is 3.76. The van der Waals surface area contributed by atoms with E-state index in [1.165, 1.54) is 16.9 Å². The number of amides is 1. The van der Waals surface area contributed by atoms with Crippen molar-refractivity contribution in [2.45, 2.75) is 26.4 Å². The summed E-state index contributed by atoms with van der Waals surface area (Å²) >= 11 is 7.33. The number of thiazole rings is 1. The van der Waals surface area contributed by atoms with Crippen molar-refractivity contribution < 1.29 is 9.53 Å². The molecule has 1 N–H and O–H groups in total. The predicted molar refractivity (Wildman–Crippen MR) is 106 cm³/mol. The molecule has 0 spiro atoms. The van der Waals surface area contributed by atoms with Crippen LogP contribution >= 0.6 is 22.9 Å². The van der Waals surface area contributed by atoms with Gasteiger partial charge in [0.1, 0.15) is 17.4 Å². The van der Waals surface area contributed by atoms with E-state index in [2.05, 4.69) is 17.2 Å². The average Bonchev–Trinajstić information content (AvgIpc) is 3.09. The summed E-state index contributed by atoms with van der Waals surface area (Å²) in [6.07, 6.45) is 1.22. The van der Waals surface area contributed by atoms with Crippen molar-refractivity contribution in [1.29, 1.82) is 0 Å². The van der Waals surface area contributed by atoms with Gasteiger partial charge in [-0.1, -0.05) is 30.7 Å². The number of hydrogen-bond acceptors (Lipinski definition) is 4.